The van der Waals surface area contributed by atoms with Gasteiger partial charge in [-0.15, -0.1) is 0 Å². The number of benzene rings is 6. The lowest BCUT2D eigenvalue weighted by molar-refractivity contribution is 0.706. The first kappa shape index (κ1) is 26.3. The Morgan fingerprint density at radius 3 is 1.50 bits per heavy atom. The zero-order valence-electron chi connectivity index (χ0n) is 25.0. The Bertz CT molecular complexity index is 2250. The molecule has 4 heteroatoms. The van der Waals surface area contributed by atoms with E-state index in [0.29, 0.717) is 17.6 Å². The second-order valence-corrected chi connectivity index (χ2v) is 11.6. The molecule has 2 heterocycles. The Balaban J connectivity index is 1.47. The Labute approximate surface area is 267 Å². The zero-order valence-corrected chi connectivity index (χ0v) is 25.0. The average Bonchev–Trinajstić information content (AvgIpc) is 3.64. The second kappa shape index (κ2) is 10.5. The van der Waals surface area contributed by atoms with Gasteiger partial charge in [0.15, 0.2) is 11.6 Å². The summed E-state index contributed by atoms with van der Waals surface area (Å²) in [5.41, 5.74) is 9.52. The first-order chi connectivity index (χ1) is 22.8. The molecule has 1 aliphatic rings. The maximum absolute atomic E-state index is 5.26. The number of rotatable bonds is 5. The van der Waals surface area contributed by atoms with Gasteiger partial charge >= 0.3 is 0 Å². The largest absolute Gasteiger partial charge is 0.280 e. The minimum Gasteiger partial charge on any atom is -0.280 e. The molecular weight excluding hydrogens is 560 g/mol. The summed E-state index contributed by atoms with van der Waals surface area (Å²) in [5, 5.41) is 1.17. The van der Waals surface area contributed by atoms with Crippen molar-refractivity contribution in [1.82, 2.24) is 19.5 Å². The van der Waals surface area contributed by atoms with Crippen LogP contribution in [-0.4, -0.2) is 19.5 Å². The molecule has 0 amide bonds. The molecule has 216 valence electrons. The van der Waals surface area contributed by atoms with Crippen LogP contribution in [0.25, 0.3) is 50.8 Å². The highest BCUT2D eigenvalue weighted by Gasteiger charge is 2.50. The molecule has 0 N–H and O–H groups in total. The molecule has 0 atom stereocenters. The lowest BCUT2D eigenvalue weighted by Gasteiger charge is -2.34. The normalized spacial score (nSPS) is 13.0. The fourth-order valence-corrected chi connectivity index (χ4v) is 7.26. The van der Waals surface area contributed by atoms with Crippen LogP contribution in [0.15, 0.2) is 170 Å². The van der Waals surface area contributed by atoms with Gasteiger partial charge in [0.25, 0.3) is 0 Å². The Morgan fingerprint density at radius 1 is 0.435 bits per heavy atom. The Hall–Kier alpha value is -6.13. The standard InChI is InChI=1S/C42H28N4/c1-5-17-29(18-6-1)39-43-40(30-19-7-2-8-20-30)45-41(44-39)46-36-28-16-14-26-34(36)37-33-25-13-15-27-35(33)42(38(37)46,31-21-9-3-10-22-31)32-23-11-4-12-24-32/h1-28H. The van der Waals surface area contributed by atoms with Crippen LogP contribution in [0.1, 0.15) is 22.4 Å². The molecule has 2 aromatic heterocycles. The quantitative estimate of drug-likeness (QED) is 0.201. The lowest BCUT2D eigenvalue weighted by atomic mass is 9.69. The Morgan fingerprint density at radius 2 is 0.913 bits per heavy atom. The van der Waals surface area contributed by atoms with Crippen molar-refractivity contribution in [2.24, 2.45) is 0 Å². The van der Waals surface area contributed by atoms with Crippen molar-refractivity contribution in [1.29, 1.82) is 0 Å². The maximum atomic E-state index is 5.26. The first-order valence-electron chi connectivity index (χ1n) is 15.6. The molecule has 6 aromatic carbocycles. The second-order valence-electron chi connectivity index (χ2n) is 11.6. The summed E-state index contributed by atoms with van der Waals surface area (Å²) in [4.78, 5) is 15.5. The van der Waals surface area contributed by atoms with Crippen molar-refractivity contribution in [3.8, 4) is 39.9 Å². The van der Waals surface area contributed by atoms with Crippen LogP contribution >= 0.6 is 0 Å². The highest BCUT2D eigenvalue weighted by atomic mass is 15.2. The van der Waals surface area contributed by atoms with Gasteiger partial charge in [-0.1, -0.05) is 164 Å². The van der Waals surface area contributed by atoms with Crippen molar-refractivity contribution in [3.05, 3.63) is 192 Å². The summed E-state index contributed by atoms with van der Waals surface area (Å²) in [6.45, 7) is 0. The minimum absolute atomic E-state index is 0.592. The maximum Gasteiger partial charge on any atom is 0.238 e. The molecule has 0 saturated heterocycles. The molecule has 9 rings (SSSR count). The fraction of sp³-hybridized carbons (Fsp3) is 0.0238. The van der Waals surface area contributed by atoms with E-state index in [1.165, 1.54) is 33.2 Å². The van der Waals surface area contributed by atoms with E-state index in [0.717, 1.165) is 22.3 Å². The van der Waals surface area contributed by atoms with E-state index in [4.69, 9.17) is 15.0 Å². The van der Waals surface area contributed by atoms with Gasteiger partial charge in [-0.2, -0.15) is 9.97 Å². The van der Waals surface area contributed by atoms with Crippen LogP contribution in [-0.2, 0) is 5.41 Å². The molecule has 0 fully saturated rings. The average molecular weight is 589 g/mol. The molecule has 46 heavy (non-hydrogen) atoms. The first-order valence-corrected chi connectivity index (χ1v) is 15.6. The lowest BCUT2D eigenvalue weighted by Crippen LogP contribution is -2.31. The van der Waals surface area contributed by atoms with E-state index >= 15 is 0 Å². The van der Waals surface area contributed by atoms with Crippen molar-refractivity contribution in [2.75, 3.05) is 0 Å². The summed E-state index contributed by atoms with van der Waals surface area (Å²) in [7, 11) is 0. The van der Waals surface area contributed by atoms with E-state index in [1.807, 2.05) is 36.4 Å². The molecule has 0 aliphatic heterocycles. The summed E-state index contributed by atoms with van der Waals surface area (Å²) < 4.78 is 2.30. The molecule has 0 bridgehead atoms. The van der Waals surface area contributed by atoms with E-state index in [-0.39, 0.29) is 0 Å². The van der Waals surface area contributed by atoms with Crippen LogP contribution in [0.3, 0.4) is 0 Å². The summed E-state index contributed by atoms with van der Waals surface area (Å²) in [6.07, 6.45) is 0. The van der Waals surface area contributed by atoms with E-state index in [9.17, 15) is 0 Å². The number of aromatic nitrogens is 4. The smallest absolute Gasteiger partial charge is 0.238 e. The molecule has 0 spiro atoms. The number of hydrogen-bond acceptors (Lipinski definition) is 3. The SMILES string of the molecule is c1ccc(-c2nc(-c3ccccc3)nc(-n3c4c(c5ccccc53)-c3ccccc3C4(c3ccccc3)c3ccccc3)n2)cc1. The third kappa shape index (κ3) is 3.83. The van der Waals surface area contributed by atoms with Crippen LogP contribution in [0.4, 0.5) is 0 Å². The molecule has 1 aliphatic carbocycles. The van der Waals surface area contributed by atoms with Gasteiger partial charge in [-0.05, 0) is 28.3 Å². The molecule has 0 saturated carbocycles. The van der Waals surface area contributed by atoms with E-state index in [1.54, 1.807) is 0 Å². The van der Waals surface area contributed by atoms with Gasteiger partial charge in [-0.25, -0.2) is 4.98 Å². The molecule has 4 nitrogen and oxygen atoms in total. The number of para-hydroxylation sites is 1. The minimum atomic E-state index is -0.625. The van der Waals surface area contributed by atoms with E-state index in [2.05, 4.69) is 138 Å². The molecule has 8 aromatic rings. The number of fused-ring (bicyclic) bond motifs is 5. The monoisotopic (exact) mass is 588 g/mol. The summed E-state index contributed by atoms with van der Waals surface area (Å²) >= 11 is 0. The van der Waals surface area contributed by atoms with Crippen LogP contribution in [0.2, 0.25) is 0 Å². The molecule has 0 radical (unpaired) electrons. The van der Waals surface area contributed by atoms with Gasteiger partial charge in [0.05, 0.1) is 16.6 Å². The van der Waals surface area contributed by atoms with Gasteiger partial charge in [0, 0.05) is 22.1 Å². The number of hydrogen-bond donors (Lipinski definition) is 0. The van der Waals surface area contributed by atoms with Crippen molar-refractivity contribution >= 4 is 10.9 Å². The van der Waals surface area contributed by atoms with Crippen molar-refractivity contribution in [3.63, 3.8) is 0 Å². The summed E-state index contributed by atoms with van der Waals surface area (Å²) in [5.74, 6) is 1.86. The predicted molar refractivity (Wildman–Crippen MR) is 185 cm³/mol. The molecular formula is C42H28N4. The highest BCUT2D eigenvalue weighted by molar-refractivity contribution is 6.05. The molecule has 0 unspecified atom stereocenters. The fourth-order valence-electron chi connectivity index (χ4n) is 7.26. The highest BCUT2D eigenvalue weighted by Crippen LogP contribution is 2.59. The van der Waals surface area contributed by atoms with Gasteiger partial charge in [0.1, 0.15) is 0 Å². The van der Waals surface area contributed by atoms with E-state index < -0.39 is 5.41 Å². The number of nitrogens with zero attached hydrogens (tertiary/aromatic N) is 4. The van der Waals surface area contributed by atoms with Crippen LogP contribution in [0, 0.1) is 0 Å². The van der Waals surface area contributed by atoms with Gasteiger partial charge < -0.3 is 0 Å². The van der Waals surface area contributed by atoms with Crippen molar-refractivity contribution < 1.29 is 0 Å². The van der Waals surface area contributed by atoms with Gasteiger partial charge in [-0.3, -0.25) is 4.57 Å². The zero-order chi connectivity index (χ0) is 30.5. The van der Waals surface area contributed by atoms with Crippen LogP contribution < -0.4 is 0 Å². The third-order valence-electron chi connectivity index (χ3n) is 9.13. The van der Waals surface area contributed by atoms with Crippen molar-refractivity contribution in [2.45, 2.75) is 5.41 Å². The topological polar surface area (TPSA) is 43.6 Å². The third-order valence-corrected chi connectivity index (χ3v) is 9.13. The predicted octanol–water partition coefficient (Wildman–Crippen LogP) is 9.51. The van der Waals surface area contributed by atoms with Crippen LogP contribution in [0.5, 0.6) is 0 Å². The Kier molecular flexibility index (Phi) is 6.00. The summed E-state index contributed by atoms with van der Waals surface area (Å²) in [6, 6.07) is 59.5. The van der Waals surface area contributed by atoms with Gasteiger partial charge in [0.2, 0.25) is 5.95 Å².